The van der Waals surface area contributed by atoms with Crippen molar-refractivity contribution < 1.29 is 19.2 Å². The van der Waals surface area contributed by atoms with Gasteiger partial charge in [-0.15, -0.1) is 0 Å². The number of carbonyl (C=O) groups excluding carboxylic acids is 1. The van der Waals surface area contributed by atoms with Gasteiger partial charge in [0.05, 0.1) is 19.1 Å². The highest BCUT2D eigenvalue weighted by Gasteiger charge is 2.25. The van der Waals surface area contributed by atoms with E-state index in [1.54, 1.807) is 48.4 Å². The molecule has 1 saturated heterocycles. The van der Waals surface area contributed by atoms with Crippen LogP contribution in [-0.2, 0) is 0 Å². The van der Waals surface area contributed by atoms with Gasteiger partial charge in [-0.05, 0) is 37.1 Å². The molecule has 3 rings (SSSR count). The lowest BCUT2D eigenvalue weighted by Crippen LogP contribution is -2.42. The fraction of sp³-hybridized carbons (Fsp3) is 0.350. The summed E-state index contributed by atoms with van der Waals surface area (Å²) in [7, 11) is 3.08. The van der Waals surface area contributed by atoms with E-state index >= 15 is 0 Å². The average Bonchev–Trinajstić information content (AvgIpc) is 2.73. The fourth-order valence-electron chi connectivity index (χ4n) is 3.35. The van der Waals surface area contributed by atoms with E-state index in [1.165, 1.54) is 13.2 Å². The van der Waals surface area contributed by atoms with Crippen molar-refractivity contribution in [3.05, 3.63) is 58.1 Å². The SMILES string of the molecule is COc1ccc(C(=O)N2CCC(Nc3ccccc3[N+](=O)[O-])CC2)cc1OC. The molecule has 1 amide bonds. The molecule has 0 atom stereocenters. The second kappa shape index (κ2) is 8.60. The maximum absolute atomic E-state index is 12.8. The predicted molar refractivity (Wildman–Crippen MR) is 105 cm³/mol. The van der Waals surface area contributed by atoms with E-state index in [1.807, 2.05) is 0 Å². The van der Waals surface area contributed by atoms with Gasteiger partial charge in [-0.3, -0.25) is 14.9 Å². The van der Waals surface area contributed by atoms with Gasteiger partial charge in [0.1, 0.15) is 5.69 Å². The van der Waals surface area contributed by atoms with Crippen LogP contribution in [0.25, 0.3) is 0 Å². The van der Waals surface area contributed by atoms with E-state index in [0.29, 0.717) is 48.7 Å². The van der Waals surface area contributed by atoms with Crippen molar-refractivity contribution in [1.82, 2.24) is 4.90 Å². The number of nitrogens with one attached hydrogen (secondary N) is 1. The van der Waals surface area contributed by atoms with Gasteiger partial charge in [0.25, 0.3) is 11.6 Å². The molecular weight excluding hydrogens is 362 g/mol. The minimum atomic E-state index is -0.391. The van der Waals surface area contributed by atoms with E-state index in [0.717, 1.165) is 0 Å². The van der Waals surface area contributed by atoms with Gasteiger partial charge in [0, 0.05) is 30.8 Å². The van der Waals surface area contributed by atoms with Gasteiger partial charge in [-0.25, -0.2) is 0 Å². The molecule has 8 nitrogen and oxygen atoms in total. The Balaban J connectivity index is 1.63. The standard InChI is InChI=1S/C20H23N3O5/c1-27-18-8-7-14(13-19(18)28-2)20(24)22-11-9-15(10-12-22)21-16-5-3-4-6-17(16)23(25)26/h3-8,13,15,21H,9-12H2,1-2H3. The van der Waals surface area contributed by atoms with E-state index in [4.69, 9.17) is 9.47 Å². The lowest BCUT2D eigenvalue weighted by atomic mass is 10.0. The molecule has 2 aromatic carbocycles. The molecule has 0 radical (unpaired) electrons. The Morgan fingerprint density at radius 2 is 1.79 bits per heavy atom. The second-order valence-corrected chi connectivity index (χ2v) is 6.55. The number of hydrogen-bond donors (Lipinski definition) is 1. The minimum Gasteiger partial charge on any atom is -0.493 e. The van der Waals surface area contributed by atoms with Crippen LogP contribution >= 0.6 is 0 Å². The third kappa shape index (κ3) is 4.16. The zero-order valence-corrected chi connectivity index (χ0v) is 15.9. The van der Waals surface area contributed by atoms with Crippen molar-refractivity contribution in [2.45, 2.75) is 18.9 Å². The molecule has 1 N–H and O–H groups in total. The number of para-hydroxylation sites is 2. The maximum Gasteiger partial charge on any atom is 0.292 e. The zero-order valence-electron chi connectivity index (χ0n) is 15.9. The molecule has 1 aliphatic rings. The number of carbonyl (C=O) groups is 1. The van der Waals surface area contributed by atoms with Gasteiger partial charge in [0.2, 0.25) is 0 Å². The van der Waals surface area contributed by atoms with Crippen molar-refractivity contribution >= 4 is 17.3 Å². The number of likely N-dealkylation sites (tertiary alicyclic amines) is 1. The molecule has 1 fully saturated rings. The maximum atomic E-state index is 12.8. The molecule has 8 heteroatoms. The van der Waals surface area contributed by atoms with Crippen LogP contribution in [0.15, 0.2) is 42.5 Å². The summed E-state index contributed by atoms with van der Waals surface area (Å²) in [6.07, 6.45) is 1.43. The Labute approximate surface area is 163 Å². The highest BCUT2D eigenvalue weighted by atomic mass is 16.6. The Bertz CT molecular complexity index is 863. The molecule has 1 heterocycles. The van der Waals surface area contributed by atoms with Gasteiger partial charge in [0.15, 0.2) is 11.5 Å². The van der Waals surface area contributed by atoms with Crippen LogP contribution in [0.3, 0.4) is 0 Å². The monoisotopic (exact) mass is 385 g/mol. The summed E-state index contributed by atoms with van der Waals surface area (Å²) in [4.78, 5) is 25.3. The number of ether oxygens (including phenoxy) is 2. The van der Waals surface area contributed by atoms with Crippen molar-refractivity contribution in [3.63, 3.8) is 0 Å². The highest BCUT2D eigenvalue weighted by molar-refractivity contribution is 5.95. The van der Waals surface area contributed by atoms with E-state index < -0.39 is 4.92 Å². The first kappa shape index (κ1) is 19.5. The first-order valence-corrected chi connectivity index (χ1v) is 9.04. The third-order valence-electron chi connectivity index (χ3n) is 4.87. The Morgan fingerprint density at radius 3 is 2.43 bits per heavy atom. The second-order valence-electron chi connectivity index (χ2n) is 6.55. The molecule has 0 aromatic heterocycles. The number of amides is 1. The third-order valence-corrected chi connectivity index (χ3v) is 4.87. The van der Waals surface area contributed by atoms with E-state index in [-0.39, 0.29) is 17.6 Å². The highest BCUT2D eigenvalue weighted by Crippen LogP contribution is 2.29. The van der Waals surface area contributed by atoms with E-state index in [2.05, 4.69) is 5.32 Å². The van der Waals surface area contributed by atoms with Gasteiger partial charge in [-0.2, -0.15) is 0 Å². The van der Waals surface area contributed by atoms with Crippen molar-refractivity contribution in [3.8, 4) is 11.5 Å². The first-order valence-electron chi connectivity index (χ1n) is 9.04. The van der Waals surface area contributed by atoms with Crippen molar-refractivity contribution in [2.75, 3.05) is 32.6 Å². The van der Waals surface area contributed by atoms with Crippen LogP contribution in [0, 0.1) is 10.1 Å². The zero-order chi connectivity index (χ0) is 20.1. The van der Waals surface area contributed by atoms with Crippen LogP contribution < -0.4 is 14.8 Å². The summed E-state index contributed by atoms with van der Waals surface area (Å²) >= 11 is 0. The largest absolute Gasteiger partial charge is 0.493 e. The van der Waals surface area contributed by atoms with Crippen LogP contribution in [-0.4, -0.2) is 49.1 Å². The molecule has 0 spiro atoms. The smallest absolute Gasteiger partial charge is 0.292 e. The van der Waals surface area contributed by atoms with Crippen molar-refractivity contribution in [2.24, 2.45) is 0 Å². The lowest BCUT2D eigenvalue weighted by molar-refractivity contribution is -0.384. The molecule has 2 aromatic rings. The molecule has 28 heavy (non-hydrogen) atoms. The summed E-state index contributed by atoms with van der Waals surface area (Å²) in [6, 6.07) is 11.8. The van der Waals surface area contributed by atoms with Gasteiger partial charge in [-0.1, -0.05) is 12.1 Å². The number of nitrogens with zero attached hydrogens (tertiary/aromatic N) is 2. The lowest BCUT2D eigenvalue weighted by Gasteiger charge is -2.33. The average molecular weight is 385 g/mol. The number of hydrogen-bond acceptors (Lipinski definition) is 6. The normalized spacial score (nSPS) is 14.4. The van der Waals surface area contributed by atoms with Crippen LogP contribution in [0.5, 0.6) is 11.5 Å². The summed E-state index contributed by atoms with van der Waals surface area (Å²) in [6.45, 7) is 1.15. The summed E-state index contributed by atoms with van der Waals surface area (Å²) in [5.41, 5.74) is 1.12. The number of anilines is 1. The van der Waals surface area contributed by atoms with Gasteiger partial charge >= 0.3 is 0 Å². The number of nitro groups is 1. The summed E-state index contributed by atoms with van der Waals surface area (Å²) in [5.74, 6) is 1.03. The van der Waals surface area contributed by atoms with E-state index in [9.17, 15) is 14.9 Å². The van der Waals surface area contributed by atoms with Gasteiger partial charge < -0.3 is 19.7 Å². The minimum absolute atomic E-state index is 0.0614. The summed E-state index contributed by atoms with van der Waals surface area (Å²) in [5, 5.41) is 14.4. The molecule has 0 bridgehead atoms. The molecule has 148 valence electrons. The van der Waals surface area contributed by atoms with Crippen LogP contribution in [0.1, 0.15) is 23.2 Å². The number of nitro benzene ring substituents is 1. The predicted octanol–water partition coefficient (Wildman–Crippen LogP) is 3.33. The van der Waals surface area contributed by atoms with Crippen LogP contribution in [0.2, 0.25) is 0 Å². The number of methoxy groups -OCH3 is 2. The summed E-state index contributed by atoms with van der Waals surface area (Å²) < 4.78 is 10.5. The Morgan fingerprint density at radius 1 is 1.11 bits per heavy atom. The number of piperidine rings is 1. The number of benzene rings is 2. The molecular formula is C20H23N3O5. The fourth-order valence-corrected chi connectivity index (χ4v) is 3.35. The molecule has 0 unspecified atom stereocenters. The quantitative estimate of drug-likeness (QED) is 0.605. The van der Waals surface area contributed by atoms with Crippen molar-refractivity contribution in [1.29, 1.82) is 0 Å². The topological polar surface area (TPSA) is 93.9 Å². The number of rotatable bonds is 6. The molecule has 1 aliphatic heterocycles. The molecule has 0 aliphatic carbocycles. The Kier molecular flexibility index (Phi) is 5.98. The first-order chi connectivity index (χ1) is 13.5. The Hall–Kier alpha value is -3.29. The van der Waals surface area contributed by atoms with Crippen LogP contribution in [0.4, 0.5) is 11.4 Å². The molecule has 0 saturated carbocycles.